The number of hydrogen-bond acceptors (Lipinski definition) is 3. The van der Waals surface area contributed by atoms with Crippen molar-refractivity contribution in [2.75, 3.05) is 6.61 Å². The maximum absolute atomic E-state index is 12.4. The molecule has 0 aliphatic heterocycles. The predicted octanol–water partition coefficient (Wildman–Crippen LogP) is 1.96. The van der Waals surface area contributed by atoms with Gasteiger partial charge in [0.15, 0.2) is 0 Å². The Morgan fingerprint density at radius 2 is 2.27 bits per heavy atom. The SMILES string of the molecule is CC(C)CONCc1nccn1C(F)F. The van der Waals surface area contributed by atoms with Crippen LogP contribution >= 0.6 is 0 Å². The van der Waals surface area contributed by atoms with Crippen molar-refractivity contribution in [2.24, 2.45) is 5.92 Å². The van der Waals surface area contributed by atoms with E-state index in [-0.39, 0.29) is 12.4 Å². The van der Waals surface area contributed by atoms with Gasteiger partial charge in [0.2, 0.25) is 0 Å². The molecule has 6 heteroatoms. The summed E-state index contributed by atoms with van der Waals surface area (Å²) in [6, 6.07) is 0. The molecule has 86 valence electrons. The molecular formula is C9H15F2N3O. The average Bonchev–Trinajstić information content (AvgIpc) is 2.60. The lowest BCUT2D eigenvalue weighted by molar-refractivity contribution is 0.0134. The van der Waals surface area contributed by atoms with E-state index in [1.165, 1.54) is 12.4 Å². The van der Waals surface area contributed by atoms with Crippen LogP contribution < -0.4 is 5.48 Å². The molecule has 1 heterocycles. The maximum atomic E-state index is 12.4. The third kappa shape index (κ3) is 3.93. The molecule has 0 atom stereocenters. The van der Waals surface area contributed by atoms with E-state index >= 15 is 0 Å². The standard InChI is InChI=1S/C9H15F2N3O/c1-7(2)6-15-13-5-8-12-3-4-14(8)9(10)11/h3-4,7,9,13H,5-6H2,1-2H3. The average molecular weight is 219 g/mol. The molecule has 1 aromatic rings. The highest BCUT2D eigenvalue weighted by Gasteiger charge is 2.10. The summed E-state index contributed by atoms with van der Waals surface area (Å²) in [5.74, 6) is 0.654. The van der Waals surface area contributed by atoms with Gasteiger partial charge in [-0.25, -0.2) is 4.98 Å². The molecule has 0 spiro atoms. The normalized spacial score (nSPS) is 11.6. The molecular weight excluding hydrogens is 204 g/mol. The van der Waals surface area contributed by atoms with Crippen molar-refractivity contribution in [3.8, 4) is 0 Å². The molecule has 0 fully saturated rings. The molecule has 1 N–H and O–H groups in total. The fourth-order valence-corrected chi connectivity index (χ4v) is 1.000. The molecule has 0 amide bonds. The van der Waals surface area contributed by atoms with Gasteiger partial charge in [0.1, 0.15) is 5.82 Å². The van der Waals surface area contributed by atoms with Gasteiger partial charge in [-0.1, -0.05) is 13.8 Å². The number of aromatic nitrogens is 2. The summed E-state index contributed by atoms with van der Waals surface area (Å²) in [5.41, 5.74) is 2.60. The lowest BCUT2D eigenvalue weighted by atomic mass is 10.2. The largest absolute Gasteiger partial charge is 0.319 e. The Bertz CT molecular complexity index is 289. The zero-order valence-corrected chi connectivity index (χ0v) is 8.78. The minimum Gasteiger partial charge on any atom is -0.301 e. The predicted molar refractivity (Wildman–Crippen MR) is 51.1 cm³/mol. The van der Waals surface area contributed by atoms with Crippen LogP contribution in [0.15, 0.2) is 12.4 Å². The van der Waals surface area contributed by atoms with Crippen LogP contribution in [0.3, 0.4) is 0 Å². The van der Waals surface area contributed by atoms with Gasteiger partial charge in [0, 0.05) is 12.4 Å². The first kappa shape index (κ1) is 12.1. The summed E-state index contributed by atoms with van der Waals surface area (Å²) in [4.78, 5) is 8.85. The topological polar surface area (TPSA) is 39.1 Å². The Balaban J connectivity index is 2.34. The molecule has 4 nitrogen and oxygen atoms in total. The number of nitrogens with one attached hydrogen (secondary N) is 1. The van der Waals surface area contributed by atoms with Gasteiger partial charge in [-0.2, -0.15) is 14.3 Å². The number of hydrogen-bond donors (Lipinski definition) is 1. The van der Waals surface area contributed by atoms with Gasteiger partial charge in [0.05, 0.1) is 13.2 Å². The van der Waals surface area contributed by atoms with Crippen LogP contribution in [0.2, 0.25) is 0 Å². The maximum Gasteiger partial charge on any atom is 0.319 e. The molecule has 0 saturated heterocycles. The first-order chi connectivity index (χ1) is 7.11. The fraction of sp³-hybridized carbons (Fsp3) is 0.667. The van der Waals surface area contributed by atoms with Crippen LogP contribution in [0.5, 0.6) is 0 Å². The van der Waals surface area contributed by atoms with E-state index in [0.717, 1.165) is 4.57 Å². The van der Waals surface area contributed by atoms with Crippen LogP contribution in [0, 0.1) is 5.92 Å². The number of halogens is 2. The summed E-state index contributed by atoms with van der Waals surface area (Å²) in [6.07, 6.45) is 2.58. The summed E-state index contributed by atoms with van der Waals surface area (Å²) in [6.45, 7) is 2.15. The Hall–Kier alpha value is -1.01. The second kappa shape index (κ2) is 5.77. The quantitative estimate of drug-likeness (QED) is 0.587. The Morgan fingerprint density at radius 1 is 1.53 bits per heavy atom. The molecule has 0 radical (unpaired) electrons. The van der Waals surface area contributed by atoms with Gasteiger partial charge in [-0.05, 0) is 5.92 Å². The second-order valence-corrected chi connectivity index (χ2v) is 3.55. The zero-order chi connectivity index (χ0) is 11.3. The zero-order valence-electron chi connectivity index (χ0n) is 8.78. The molecule has 0 aliphatic rings. The van der Waals surface area contributed by atoms with Crippen LogP contribution in [0.4, 0.5) is 8.78 Å². The minimum absolute atomic E-state index is 0.171. The van der Waals surface area contributed by atoms with Crippen LogP contribution in [0.1, 0.15) is 26.2 Å². The third-order valence-corrected chi connectivity index (χ3v) is 1.71. The first-order valence-corrected chi connectivity index (χ1v) is 4.75. The number of rotatable bonds is 6. The van der Waals surface area contributed by atoms with E-state index in [2.05, 4.69) is 10.5 Å². The highest BCUT2D eigenvalue weighted by molar-refractivity contribution is 4.91. The van der Waals surface area contributed by atoms with Crippen LogP contribution in [-0.2, 0) is 11.4 Å². The molecule has 1 rings (SSSR count). The number of nitrogens with zero attached hydrogens (tertiary/aromatic N) is 2. The van der Waals surface area contributed by atoms with E-state index in [4.69, 9.17) is 4.84 Å². The Kier molecular flexibility index (Phi) is 4.64. The van der Waals surface area contributed by atoms with Crippen molar-refractivity contribution in [2.45, 2.75) is 26.9 Å². The molecule has 0 unspecified atom stereocenters. The van der Waals surface area contributed by atoms with E-state index in [9.17, 15) is 8.78 Å². The third-order valence-electron chi connectivity index (χ3n) is 1.71. The molecule has 0 bridgehead atoms. The lowest BCUT2D eigenvalue weighted by Crippen LogP contribution is -2.20. The van der Waals surface area contributed by atoms with E-state index in [0.29, 0.717) is 12.5 Å². The van der Waals surface area contributed by atoms with Crippen LogP contribution in [0.25, 0.3) is 0 Å². The summed E-state index contributed by atoms with van der Waals surface area (Å²) < 4.78 is 25.5. The summed E-state index contributed by atoms with van der Waals surface area (Å²) in [7, 11) is 0. The number of alkyl halides is 2. The first-order valence-electron chi connectivity index (χ1n) is 4.75. The fourth-order valence-electron chi connectivity index (χ4n) is 1.000. The van der Waals surface area contributed by atoms with E-state index in [1.807, 2.05) is 13.8 Å². The van der Waals surface area contributed by atoms with Crippen molar-refractivity contribution in [3.63, 3.8) is 0 Å². The monoisotopic (exact) mass is 219 g/mol. The Morgan fingerprint density at radius 3 is 2.87 bits per heavy atom. The molecule has 15 heavy (non-hydrogen) atoms. The highest BCUT2D eigenvalue weighted by atomic mass is 19.3. The van der Waals surface area contributed by atoms with Gasteiger partial charge >= 0.3 is 6.55 Å². The minimum atomic E-state index is -2.56. The van der Waals surface area contributed by atoms with Crippen molar-refractivity contribution >= 4 is 0 Å². The van der Waals surface area contributed by atoms with Gasteiger partial charge in [0.25, 0.3) is 0 Å². The van der Waals surface area contributed by atoms with Crippen molar-refractivity contribution in [1.29, 1.82) is 0 Å². The summed E-state index contributed by atoms with van der Waals surface area (Å²) >= 11 is 0. The van der Waals surface area contributed by atoms with Gasteiger partial charge in [-0.15, -0.1) is 0 Å². The molecule has 0 saturated carbocycles. The second-order valence-electron chi connectivity index (χ2n) is 3.55. The molecule has 1 aromatic heterocycles. The lowest BCUT2D eigenvalue weighted by Gasteiger charge is -2.09. The number of hydroxylamine groups is 1. The van der Waals surface area contributed by atoms with Crippen molar-refractivity contribution < 1.29 is 13.6 Å². The Labute approximate surface area is 87.2 Å². The van der Waals surface area contributed by atoms with Crippen molar-refractivity contribution in [1.82, 2.24) is 15.0 Å². The molecule has 0 aliphatic carbocycles. The number of imidazole rings is 1. The molecule has 0 aromatic carbocycles. The smallest absolute Gasteiger partial charge is 0.301 e. The van der Waals surface area contributed by atoms with Gasteiger partial charge < -0.3 is 4.84 Å². The highest BCUT2D eigenvalue weighted by Crippen LogP contribution is 2.11. The van der Waals surface area contributed by atoms with Crippen LogP contribution in [-0.4, -0.2) is 16.2 Å². The van der Waals surface area contributed by atoms with E-state index < -0.39 is 6.55 Å². The summed E-state index contributed by atoms with van der Waals surface area (Å²) in [5, 5.41) is 0. The van der Waals surface area contributed by atoms with Crippen molar-refractivity contribution in [3.05, 3.63) is 18.2 Å². The van der Waals surface area contributed by atoms with E-state index in [1.54, 1.807) is 0 Å². The van der Waals surface area contributed by atoms with Gasteiger partial charge in [-0.3, -0.25) is 4.57 Å².